The summed E-state index contributed by atoms with van der Waals surface area (Å²) in [7, 11) is 1.75. The smallest absolute Gasteiger partial charge is 0.309 e. The Morgan fingerprint density at radius 1 is 1.33 bits per heavy atom. The second kappa shape index (κ2) is 7.10. The molecule has 0 aliphatic heterocycles. The molecular formula is C14H26O4. The molecule has 0 bridgehead atoms. The SMILES string of the molecule is COC1CCCC(OCCCC(C)(C)C(=O)O)C1. The van der Waals surface area contributed by atoms with Crippen molar-refractivity contribution in [1.29, 1.82) is 0 Å². The molecule has 0 radical (unpaired) electrons. The zero-order valence-electron chi connectivity index (χ0n) is 11.8. The molecule has 18 heavy (non-hydrogen) atoms. The van der Waals surface area contributed by atoms with Crippen LogP contribution in [0.2, 0.25) is 0 Å². The second-order valence-electron chi connectivity index (χ2n) is 5.81. The van der Waals surface area contributed by atoms with Crippen LogP contribution in [0.4, 0.5) is 0 Å². The number of carboxylic acids is 1. The van der Waals surface area contributed by atoms with Crippen molar-refractivity contribution in [3.63, 3.8) is 0 Å². The van der Waals surface area contributed by atoms with Crippen LogP contribution >= 0.6 is 0 Å². The Kier molecular flexibility index (Phi) is 6.09. The number of carboxylic acid groups (broad SMARTS) is 1. The van der Waals surface area contributed by atoms with Gasteiger partial charge in [-0.15, -0.1) is 0 Å². The number of ether oxygens (including phenoxy) is 2. The molecule has 0 aromatic carbocycles. The molecule has 1 aliphatic rings. The van der Waals surface area contributed by atoms with E-state index in [2.05, 4.69) is 0 Å². The molecule has 106 valence electrons. The maximum Gasteiger partial charge on any atom is 0.309 e. The molecule has 4 nitrogen and oxygen atoms in total. The lowest BCUT2D eigenvalue weighted by molar-refractivity contribution is -0.147. The molecule has 1 saturated carbocycles. The lowest BCUT2D eigenvalue weighted by Gasteiger charge is -2.28. The maximum absolute atomic E-state index is 10.9. The molecular weight excluding hydrogens is 232 g/mol. The van der Waals surface area contributed by atoms with Crippen molar-refractivity contribution >= 4 is 5.97 Å². The summed E-state index contributed by atoms with van der Waals surface area (Å²) >= 11 is 0. The van der Waals surface area contributed by atoms with Gasteiger partial charge in [-0.05, 0) is 52.4 Å². The first kappa shape index (κ1) is 15.4. The predicted octanol–water partition coefficient (Wildman–Crippen LogP) is 2.85. The third-order valence-electron chi connectivity index (χ3n) is 3.79. The quantitative estimate of drug-likeness (QED) is 0.713. The molecule has 2 unspecified atom stereocenters. The van der Waals surface area contributed by atoms with Crippen molar-refractivity contribution in [2.75, 3.05) is 13.7 Å². The number of methoxy groups -OCH3 is 1. The highest BCUT2D eigenvalue weighted by Crippen LogP contribution is 2.25. The Morgan fingerprint density at radius 2 is 2.00 bits per heavy atom. The Bertz CT molecular complexity index is 263. The number of hydrogen-bond acceptors (Lipinski definition) is 3. The van der Waals surface area contributed by atoms with Crippen molar-refractivity contribution < 1.29 is 19.4 Å². The molecule has 0 heterocycles. The fourth-order valence-electron chi connectivity index (χ4n) is 2.34. The molecule has 1 aliphatic carbocycles. The highest BCUT2D eigenvalue weighted by Gasteiger charge is 2.27. The molecule has 0 aromatic rings. The van der Waals surface area contributed by atoms with Crippen LogP contribution in [-0.2, 0) is 14.3 Å². The van der Waals surface area contributed by atoms with Crippen LogP contribution < -0.4 is 0 Å². The molecule has 2 atom stereocenters. The lowest BCUT2D eigenvalue weighted by atomic mass is 9.88. The van der Waals surface area contributed by atoms with E-state index < -0.39 is 11.4 Å². The van der Waals surface area contributed by atoms with Gasteiger partial charge in [0.05, 0.1) is 17.6 Å². The van der Waals surface area contributed by atoms with Crippen molar-refractivity contribution in [3.05, 3.63) is 0 Å². The van der Waals surface area contributed by atoms with Gasteiger partial charge in [0.25, 0.3) is 0 Å². The van der Waals surface area contributed by atoms with Gasteiger partial charge in [0.1, 0.15) is 0 Å². The molecule has 1 N–H and O–H groups in total. The highest BCUT2D eigenvalue weighted by atomic mass is 16.5. The largest absolute Gasteiger partial charge is 0.481 e. The Morgan fingerprint density at radius 3 is 2.61 bits per heavy atom. The van der Waals surface area contributed by atoms with Gasteiger partial charge in [-0.25, -0.2) is 0 Å². The normalized spacial score (nSPS) is 25.1. The predicted molar refractivity (Wildman–Crippen MR) is 69.7 cm³/mol. The molecule has 1 rings (SSSR count). The third kappa shape index (κ3) is 4.94. The monoisotopic (exact) mass is 258 g/mol. The van der Waals surface area contributed by atoms with Crippen LogP contribution in [0.1, 0.15) is 52.4 Å². The molecule has 1 fully saturated rings. The van der Waals surface area contributed by atoms with E-state index in [-0.39, 0.29) is 6.10 Å². The lowest BCUT2D eigenvalue weighted by Crippen LogP contribution is -2.28. The summed E-state index contributed by atoms with van der Waals surface area (Å²) in [6.07, 6.45) is 6.43. The van der Waals surface area contributed by atoms with E-state index in [1.807, 2.05) is 0 Å². The summed E-state index contributed by atoms with van der Waals surface area (Å²) in [5.74, 6) is -0.736. The van der Waals surface area contributed by atoms with Crippen molar-refractivity contribution in [2.24, 2.45) is 5.41 Å². The van der Waals surface area contributed by atoms with Gasteiger partial charge in [-0.2, -0.15) is 0 Å². The standard InChI is InChI=1S/C14H26O4/c1-14(2,13(15)16)8-5-9-18-12-7-4-6-11(10-12)17-3/h11-12H,4-10H2,1-3H3,(H,15,16). The first-order valence-electron chi connectivity index (χ1n) is 6.83. The van der Waals surface area contributed by atoms with E-state index in [1.165, 1.54) is 0 Å². The molecule has 0 aromatic heterocycles. The Balaban J connectivity index is 2.16. The van der Waals surface area contributed by atoms with Crippen LogP contribution in [0.5, 0.6) is 0 Å². The molecule has 0 saturated heterocycles. The van der Waals surface area contributed by atoms with E-state index in [1.54, 1.807) is 21.0 Å². The third-order valence-corrected chi connectivity index (χ3v) is 3.79. The van der Waals surface area contributed by atoms with E-state index in [9.17, 15) is 4.79 Å². The maximum atomic E-state index is 10.9. The number of carbonyl (C=O) groups is 1. The van der Waals surface area contributed by atoms with E-state index in [0.717, 1.165) is 32.1 Å². The fraction of sp³-hybridized carbons (Fsp3) is 0.929. The zero-order valence-corrected chi connectivity index (χ0v) is 11.8. The van der Waals surface area contributed by atoms with Crippen LogP contribution in [-0.4, -0.2) is 37.0 Å². The van der Waals surface area contributed by atoms with Crippen molar-refractivity contribution in [2.45, 2.75) is 64.6 Å². The van der Waals surface area contributed by atoms with Gasteiger partial charge in [0.15, 0.2) is 0 Å². The van der Waals surface area contributed by atoms with E-state index in [0.29, 0.717) is 19.1 Å². The van der Waals surface area contributed by atoms with Crippen molar-refractivity contribution in [1.82, 2.24) is 0 Å². The van der Waals surface area contributed by atoms with Gasteiger partial charge in [-0.1, -0.05) is 0 Å². The van der Waals surface area contributed by atoms with Gasteiger partial charge in [0.2, 0.25) is 0 Å². The minimum absolute atomic E-state index is 0.289. The van der Waals surface area contributed by atoms with Crippen LogP contribution in [0.15, 0.2) is 0 Å². The first-order chi connectivity index (χ1) is 8.45. The Labute approximate surface area is 110 Å². The molecule has 4 heteroatoms. The van der Waals surface area contributed by atoms with E-state index >= 15 is 0 Å². The summed E-state index contributed by atoms with van der Waals surface area (Å²) in [4.78, 5) is 10.9. The summed E-state index contributed by atoms with van der Waals surface area (Å²) < 4.78 is 11.2. The summed E-state index contributed by atoms with van der Waals surface area (Å²) in [5.41, 5.74) is -0.648. The fourth-order valence-corrected chi connectivity index (χ4v) is 2.34. The molecule has 0 amide bonds. The first-order valence-corrected chi connectivity index (χ1v) is 6.83. The average molecular weight is 258 g/mol. The number of hydrogen-bond donors (Lipinski definition) is 1. The van der Waals surface area contributed by atoms with Gasteiger partial charge < -0.3 is 14.6 Å². The average Bonchev–Trinajstić information content (AvgIpc) is 2.35. The summed E-state index contributed by atoms with van der Waals surface area (Å²) in [6, 6.07) is 0. The Hall–Kier alpha value is -0.610. The van der Waals surface area contributed by atoms with Gasteiger partial charge in [0, 0.05) is 13.7 Å². The van der Waals surface area contributed by atoms with Crippen LogP contribution in [0.25, 0.3) is 0 Å². The minimum atomic E-state index is -0.736. The summed E-state index contributed by atoms with van der Waals surface area (Å²) in [6.45, 7) is 4.17. The van der Waals surface area contributed by atoms with Crippen LogP contribution in [0, 0.1) is 5.41 Å². The van der Waals surface area contributed by atoms with E-state index in [4.69, 9.17) is 14.6 Å². The van der Waals surface area contributed by atoms with Crippen molar-refractivity contribution in [3.8, 4) is 0 Å². The topological polar surface area (TPSA) is 55.8 Å². The second-order valence-corrected chi connectivity index (χ2v) is 5.81. The minimum Gasteiger partial charge on any atom is -0.481 e. The molecule has 0 spiro atoms. The highest BCUT2D eigenvalue weighted by molar-refractivity contribution is 5.73. The number of aliphatic carboxylic acids is 1. The zero-order chi connectivity index (χ0) is 13.6. The summed E-state index contributed by atoms with van der Waals surface area (Å²) in [5, 5.41) is 9.00. The number of rotatable bonds is 7. The van der Waals surface area contributed by atoms with Gasteiger partial charge >= 0.3 is 5.97 Å². The van der Waals surface area contributed by atoms with Crippen LogP contribution in [0.3, 0.4) is 0 Å². The van der Waals surface area contributed by atoms with Gasteiger partial charge in [-0.3, -0.25) is 4.79 Å².